The Kier molecular flexibility index (Phi) is 4.58. The van der Waals surface area contributed by atoms with Gasteiger partial charge in [0, 0.05) is 18.8 Å². The smallest absolute Gasteiger partial charge is 0.133 e. The first-order valence-electron chi connectivity index (χ1n) is 10.8. The van der Waals surface area contributed by atoms with Crippen LogP contribution in [0.5, 0.6) is 0 Å². The van der Waals surface area contributed by atoms with Crippen LogP contribution in [0.25, 0.3) is 11.4 Å². The Labute approximate surface area is 166 Å². The van der Waals surface area contributed by atoms with Crippen LogP contribution in [0.15, 0.2) is 36.0 Å². The molecule has 0 spiro atoms. The van der Waals surface area contributed by atoms with Gasteiger partial charge in [-0.15, -0.1) is 0 Å². The summed E-state index contributed by atoms with van der Waals surface area (Å²) in [4.78, 5) is 11.9. The highest BCUT2D eigenvalue weighted by atomic mass is 16.5. The summed E-state index contributed by atoms with van der Waals surface area (Å²) >= 11 is 0. The Morgan fingerprint density at radius 3 is 2.75 bits per heavy atom. The Balaban J connectivity index is 1.53. The van der Waals surface area contributed by atoms with Crippen LogP contribution in [0.2, 0.25) is 0 Å². The van der Waals surface area contributed by atoms with E-state index < -0.39 is 0 Å². The molecule has 0 N–H and O–H groups in total. The molecular weight excluding hydrogens is 348 g/mol. The molecule has 0 radical (unpaired) electrons. The number of rotatable bonds is 6. The van der Waals surface area contributed by atoms with Crippen molar-refractivity contribution in [3.05, 3.63) is 52.9 Å². The van der Waals surface area contributed by atoms with Crippen LogP contribution >= 0.6 is 0 Å². The van der Waals surface area contributed by atoms with Gasteiger partial charge in [0.25, 0.3) is 0 Å². The van der Waals surface area contributed by atoms with Gasteiger partial charge in [-0.1, -0.05) is 12.1 Å². The lowest BCUT2D eigenvalue weighted by Gasteiger charge is -2.22. The van der Waals surface area contributed by atoms with Crippen molar-refractivity contribution in [3.63, 3.8) is 0 Å². The molecule has 1 aromatic carbocycles. The van der Waals surface area contributed by atoms with Crippen LogP contribution in [0, 0.1) is 0 Å². The van der Waals surface area contributed by atoms with E-state index >= 15 is 0 Å². The third kappa shape index (κ3) is 3.41. The maximum absolute atomic E-state index is 11.9. The zero-order chi connectivity index (χ0) is 19.1. The fraction of sp³-hybridized carbons (Fsp3) is 0.500. The normalized spacial score (nSPS) is 21.7. The average molecular weight is 377 g/mol. The summed E-state index contributed by atoms with van der Waals surface area (Å²) in [5, 5.41) is 4.80. The van der Waals surface area contributed by atoms with E-state index in [0.717, 1.165) is 43.6 Å². The molecule has 5 rings (SSSR count). The van der Waals surface area contributed by atoms with Gasteiger partial charge in [0.05, 0.1) is 29.7 Å². The van der Waals surface area contributed by atoms with E-state index in [1.54, 1.807) is 0 Å². The molecular formula is C24H28N2O2. The number of ketones is 1. The van der Waals surface area contributed by atoms with Crippen molar-refractivity contribution < 1.29 is 9.53 Å². The maximum atomic E-state index is 11.9. The Morgan fingerprint density at radius 2 is 2.04 bits per heavy atom. The highest BCUT2D eigenvalue weighted by Gasteiger charge is 2.34. The van der Waals surface area contributed by atoms with E-state index in [9.17, 15) is 4.79 Å². The molecule has 4 nitrogen and oxygen atoms in total. The minimum absolute atomic E-state index is 0.355. The molecule has 0 saturated heterocycles. The number of carbonyl (C=O) groups excluding carboxylic acids is 1. The van der Waals surface area contributed by atoms with Gasteiger partial charge in [-0.2, -0.15) is 5.10 Å². The minimum atomic E-state index is 0.355. The van der Waals surface area contributed by atoms with Crippen LogP contribution in [0.4, 0.5) is 0 Å². The van der Waals surface area contributed by atoms with Crippen molar-refractivity contribution in [2.24, 2.45) is 0 Å². The molecule has 4 heteroatoms. The standard InChI is InChI=1S/C24H28N2O2/c1-2-28-24(17-11-12-17)22-15-25-26(23(22)16-9-10-16)20-7-3-5-18(13-20)19-6-4-8-21(27)14-19/h3,5,7,13,15-16,19H,2,4,6,8-12,14H2,1H3. The van der Waals surface area contributed by atoms with Crippen molar-refractivity contribution in [2.45, 2.75) is 70.1 Å². The lowest BCUT2D eigenvalue weighted by atomic mass is 9.83. The summed E-state index contributed by atoms with van der Waals surface area (Å²) in [7, 11) is 0. The molecule has 146 valence electrons. The van der Waals surface area contributed by atoms with E-state index in [4.69, 9.17) is 9.84 Å². The molecule has 3 saturated carbocycles. The molecule has 1 atom stereocenters. The van der Waals surface area contributed by atoms with Crippen molar-refractivity contribution in [2.75, 3.05) is 6.61 Å². The van der Waals surface area contributed by atoms with E-state index in [-0.39, 0.29) is 0 Å². The average Bonchev–Trinajstić information content (AvgIpc) is 3.64. The predicted molar refractivity (Wildman–Crippen MR) is 110 cm³/mol. The summed E-state index contributed by atoms with van der Waals surface area (Å²) in [5.74, 6) is 2.41. The largest absolute Gasteiger partial charge is 0.493 e. The maximum Gasteiger partial charge on any atom is 0.133 e. The van der Waals surface area contributed by atoms with Crippen LogP contribution in [0.1, 0.15) is 86.9 Å². The van der Waals surface area contributed by atoms with E-state index in [2.05, 4.69) is 35.9 Å². The highest BCUT2D eigenvalue weighted by Crippen LogP contribution is 2.47. The molecule has 3 fully saturated rings. The van der Waals surface area contributed by atoms with Crippen molar-refractivity contribution in [3.8, 4) is 5.69 Å². The third-order valence-corrected chi connectivity index (χ3v) is 6.19. The van der Waals surface area contributed by atoms with Gasteiger partial charge in [0.15, 0.2) is 0 Å². The van der Waals surface area contributed by atoms with Gasteiger partial charge >= 0.3 is 0 Å². The van der Waals surface area contributed by atoms with Crippen molar-refractivity contribution in [1.82, 2.24) is 9.78 Å². The van der Waals surface area contributed by atoms with Crippen LogP contribution < -0.4 is 0 Å². The molecule has 1 aromatic heterocycles. The Hall–Kier alpha value is -2.36. The monoisotopic (exact) mass is 376 g/mol. The molecule has 28 heavy (non-hydrogen) atoms. The predicted octanol–water partition coefficient (Wildman–Crippen LogP) is 5.52. The third-order valence-electron chi connectivity index (χ3n) is 6.19. The SMILES string of the molecule is CCOC(=C1CC1)c1cnn(-c2cccc(C3CCCC(=O)C3)c2)c1C1CC1. The quantitative estimate of drug-likeness (QED) is 0.624. The molecule has 0 amide bonds. The van der Waals surface area contributed by atoms with Crippen LogP contribution in [-0.2, 0) is 9.53 Å². The molecule has 1 unspecified atom stereocenters. The summed E-state index contributed by atoms with van der Waals surface area (Å²) in [6.07, 6.45) is 10.3. The number of hydrogen-bond acceptors (Lipinski definition) is 3. The summed E-state index contributed by atoms with van der Waals surface area (Å²) < 4.78 is 8.17. The number of allylic oxidation sites excluding steroid dienone is 1. The zero-order valence-corrected chi connectivity index (χ0v) is 16.6. The van der Waals surface area contributed by atoms with Crippen LogP contribution in [0.3, 0.4) is 0 Å². The van der Waals surface area contributed by atoms with Gasteiger partial charge in [0.1, 0.15) is 11.5 Å². The van der Waals surface area contributed by atoms with E-state index in [1.807, 2.05) is 6.20 Å². The molecule has 3 aliphatic rings. The van der Waals surface area contributed by atoms with Gasteiger partial charge in [-0.3, -0.25) is 4.79 Å². The lowest BCUT2D eigenvalue weighted by molar-refractivity contribution is -0.120. The second-order valence-corrected chi connectivity index (χ2v) is 8.42. The first-order valence-corrected chi connectivity index (χ1v) is 10.8. The molecule has 1 heterocycles. The van der Waals surface area contributed by atoms with Crippen LogP contribution in [-0.4, -0.2) is 22.2 Å². The number of hydrogen-bond donors (Lipinski definition) is 0. The number of ether oxygens (including phenoxy) is 1. The number of aromatic nitrogens is 2. The second-order valence-electron chi connectivity index (χ2n) is 8.42. The topological polar surface area (TPSA) is 44.1 Å². The van der Waals surface area contributed by atoms with Gasteiger partial charge < -0.3 is 4.74 Å². The summed E-state index contributed by atoms with van der Waals surface area (Å²) in [6, 6.07) is 8.67. The van der Waals surface area contributed by atoms with E-state index in [0.29, 0.717) is 30.6 Å². The van der Waals surface area contributed by atoms with Crippen molar-refractivity contribution in [1.29, 1.82) is 0 Å². The first-order chi connectivity index (χ1) is 13.7. The Bertz CT molecular complexity index is 930. The van der Waals surface area contributed by atoms with Crippen molar-refractivity contribution >= 4 is 11.5 Å². The molecule has 3 aliphatic carbocycles. The molecule has 2 aromatic rings. The van der Waals surface area contributed by atoms with Gasteiger partial charge in [-0.25, -0.2) is 4.68 Å². The van der Waals surface area contributed by atoms with E-state index in [1.165, 1.54) is 35.2 Å². The number of Topliss-reactive ketones (excluding diaryl/α,β-unsaturated/α-hetero) is 1. The fourth-order valence-corrected chi connectivity index (χ4v) is 4.51. The number of carbonyl (C=O) groups is 1. The molecule has 0 bridgehead atoms. The summed E-state index contributed by atoms with van der Waals surface area (Å²) in [6.45, 7) is 2.75. The summed E-state index contributed by atoms with van der Waals surface area (Å²) in [5.41, 5.74) is 6.31. The van der Waals surface area contributed by atoms with Gasteiger partial charge in [-0.05, 0) is 74.6 Å². The minimum Gasteiger partial charge on any atom is -0.493 e. The fourth-order valence-electron chi connectivity index (χ4n) is 4.51. The second kappa shape index (κ2) is 7.23. The lowest BCUT2D eigenvalue weighted by Crippen LogP contribution is -2.13. The highest BCUT2D eigenvalue weighted by molar-refractivity contribution is 5.80. The van der Waals surface area contributed by atoms with Gasteiger partial charge in [0.2, 0.25) is 0 Å². The molecule has 0 aliphatic heterocycles. The zero-order valence-electron chi connectivity index (χ0n) is 16.6. The number of benzene rings is 1. The Morgan fingerprint density at radius 1 is 1.18 bits per heavy atom. The number of nitrogens with zero attached hydrogens (tertiary/aromatic N) is 2. The first kappa shape index (κ1) is 17.7.